The van der Waals surface area contributed by atoms with E-state index in [1.807, 2.05) is 42.5 Å². The Morgan fingerprint density at radius 2 is 1.81 bits per heavy atom. The van der Waals surface area contributed by atoms with E-state index >= 15 is 0 Å². The molecule has 1 aliphatic rings. The number of ether oxygens (including phenoxy) is 2. The van der Waals surface area contributed by atoms with Crippen molar-refractivity contribution in [2.45, 2.75) is 12.8 Å². The van der Waals surface area contributed by atoms with Crippen molar-refractivity contribution in [1.82, 2.24) is 0 Å². The van der Waals surface area contributed by atoms with Gasteiger partial charge in [-0.25, -0.2) is 0 Å². The fourth-order valence-electron chi connectivity index (χ4n) is 2.77. The predicted molar refractivity (Wildman–Crippen MR) is 83.7 cm³/mol. The van der Waals surface area contributed by atoms with Gasteiger partial charge in [0.05, 0.1) is 13.2 Å². The van der Waals surface area contributed by atoms with E-state index in [0.717, 1.165) is 24.3 Å². The van der Waals surface area contributed by atoms with Gasteiger partial charge in [0.2, 0.25) is 0 Å². The Hall–Kier alpha value is -2.00. The number of fused-ring (bicyclic) bond motifs is 1. The SMILES string of the molecule is NCC1(CCOc2ccccc2)COc2ccccc2C1. The summed E-state index contributed by atoms with van der Waals surface area (Å²) in [7, 11) is 0. The van der Waals surface area contributed by atoms with Crippen LogP contribution in [-0.4, -0.2) is 19.8 Å². The highest BCUT2D eigenvalue weighted by atomic mass is 16.5. The molecule has 0 saturated heterocycles. The summed E-state index contributed by atoms with van der Waals surface area (Å²) in [5, 5.41) is 0. The van der Waals surface area contributed by atoms with Crippen LogP contribution in [0.4, 0.5) is 0 Å². The summed E-state index contributed by atoms with van der Waals surface area (Å²) in [6, 6.07) is 18.1. The lowest BCUT2D eigenvalue weighted by atomic mass is 9.78. The molecule has 3 rings (SSSR count). The van der Waals surface area contributed by atoms with E-state index in [0.29, 0.717) is 19.8 Å². The smallest absolute Gasteiger partial charge is 0.122 e. The Kier molecular flexibility index (Phi) is 4.11. The fraction of sp³-hybridized carbons (Fsp3) is 0.333. The van der Waals surface area contributed by atoms with Gasteiger partial charge in [0, 0.05) is 12.0 Å². The molecule has 2 aromatic carbocycles. The van der Waals surface area contributed by atoms with Gasteiger partial charge in [-0.1, -0.05) is 36.4 Å². The maximum atomic E-state index is 6.04. The monoisotopic (exact) mass is 283 g/mol. The number of nitrogens with two attached hydrogens (primary N) is 1. The van der Waals surface area contributed by atoms with Gasteiger partial charge < -0.3 is 15.2 Å². The van der Waals surface area contributed by atoms with Crippen LogP contribution in [0.1, 0.15) is 12.0 Å². The molecule has 0 radical (unpaired) electrons. The van der Waals surface area contributed by atoms with Crippen molar-refractivity contribution in [3.8, 4) is 11.5 Å². The normalized spacial score (nSPS) is 20.4. The second-order valence-electron chi connectivity index (χ2n) is 5.69. The van der Waals surface area contributed by atoms with Crippen molar-refractivity contribution in [2.24, 2.45) is 11.1 Å². The summed E-state index contributed by atoms with van der Waals surface area (Å²) >= 11 is 0. The third kappa shape index (κ3) is 3.19. The molecule has 1 aliphatic heterocycles. The van der Waals surface area contributed by atoms with Crippen LogP contribution in [0.3, 0.4) is 0 Å². The van der Waals surface area contributed by atoms with E-state index < -0.39 is 0 Å². The molecule has 0 fully saturated rings. The molecule has 1 heterocycles. The largest absolute Gasteiger partial charge is 0.494 e. The van der Waals surface area contributed by atoms with E-state index in [9.17, 15) is 0 Å². The van der Waals surface area contributed by atoms with Crippen molar-refractivity contribution in [2.75, 3.05) is 19.8 Å². The Balaban J connectivity index is 1.63. The molecule has 1 atom stereocenters. The molecule has 3 nitrogen and oxygen atoms in total. The van der Waals surface area contributed by atoms with Gasteiger partial charge in [-0.05, 0) is 36.6 Å². The highest BCUT2D eigenvalue weighted by Gasteiger charge is 2.34. The molecule has 0 bridgehead atoms. The lowest BCUT2D eigenvalue weighted by Gasteiger charge is -2.37. The van der Waals surface area contributed by atoms with Crippen molar-refractivity contribution in [1.29, 1.82) is 0 Å². The van der Waals surface area contributed by atoms with Gasteiger partial charge in [-0.2, -0.15) is 0 Å². The van der Waals surface area contributed by atoms with Crippen LogP contribution < -0.4 is 15.2 Å². The van der Waals surface area contributed by atoms with Gasteiger partial charge in [-0.15, -0.1) is 0 Å². The summed E-state index contributed by atoms with van der Waals surface area (Å²) < 4.78 is 11.7. The van der Waals surface area contributed by atoms with Crippen LogP contribution >= 0.6 is 0 Å². The number of rotatable bonds is 5. The first kappa shape index (κ1) is 14.0. The number of para-hydroxylation sites is 2. The number of hydrogen-bond acceptors (Lipinski definition) is 3. The maximum absolute atomic E-state index is 6.04. The van der Waals surface area contributed by atoms with E-state index in [-0.39, 0.29) is 5.41 Å². The predicted octanol–water partition coefficient (Wildman–Crippen LogP) is 3.04. The Bertz CT molecular complexity index is 585. The summed E-state index contributed by atoms with van der Waals surface area (Å²) in [6.45, 7) is 1.94. The third-order valence-electron chi connectivity index (χ3n) is 4.15. The minimum absolute atomic E-state index is 0.0247. The van der Waals surface area contributed by atoms with Crippen molar-refractivity contribution >= 4 is 0 Å². The average Bonchev–Trinajstić information content (AvgIpc) is 2.56. The lowest BCUT2D eigenvalue weighted by molar-refractivity contribution is 0.0980. The molecule has 0 spiro atoms. The summed E-state index contributed by atoms with van der Waals surface area (Å²) in [6.07, 6.45) is 1.85. The second kappa shape index (κ2) is 6.19. The highest BCUT2D eigenvalue weighted by molar-refractivity contribution is 5.36. The fourth-order valence-corrected chi connectivity index (χ4v) is 2.77. The Morgan fingerprint density at radius 3 is 2.62 bits per heavy atom. The molecular weight excluding hydrogens is 262 g/mol. The van der Waals surface area contributed by atoms with E-state index in [1.54, 1.807) is 0 Å². The van der Waals surface area contributed by atoms with Crippen LogP contribution in [0.25, 0.3) is 0 Å². The van der Waals surface area contributed by atoms with Crippen LogP contribution in [-0.2, 0) is 6.42 Å². The molecule has 2 N–H and O–H groups in total. The van der Waals surface area contributed by atoms with Crippen LogP contribution in [0, 0.1) is 5.41 Å². The zero-order valence-corrected chi connectivity index (χ0v) is 12.1. The van der Waals surface area contributed by atoms with Gasteiger partial charge in [-0.3, -0.25) is 0 Å². The molecule has 110 valence electrons. The molecule has 1 unspecified atom stereocenters. The minimum atomic E-state index is -0.0247. The molecule has 0 saturated carbocycles. The maximum Gasteiger partial charge on any atom is 0.122 e. The molecule has 21 heavy (non-hydrogen) atoms. The Labute approximate surface area is 125 Å². The van der Waals surface area contributed by atoms with Gasteiger partial charge in [0.1, 0.15) is 11.5 Å². The third-order valence-corrected chi connectivity index (χ3v) is 4.15. The van der Waals surface area contributed by atoms with Crippen LogP contribution in [0.5, 0.6) is 11.5 Å². The second-order valence-corrected chi connectivity index (χ2v) is 5.69. The zero-order valence-electron chi connectivity index (χ0n) is 12.1. The highest BCUT2D eigenvalue weighted by Crippen LogP contribution is 2.36. The standard InChI is InChI=1S/C18H21NO2/c19-13-18(10-11-20-16-7-2-1-3-8-16)12-15-6-4-5-9-17(15)21-14-18/h1-9H,10-14,19H2. The topological polar surface area (TPSA) is 44.5 Å². The van der Waals surface area contributed by atoms with Gasteiger partial charge in [0.25, 0.3) is 0 Å². The average molecular weight is 283 g/mol. The van der Waals surface area contributed by atoms with Gasteiger partial charge >= 0.3 is 0 Å². The zero-order chi connectivity index (χ0) is 14.5. The molecule has 2 aromatic rings. The van der Waals surface area contributed by atoms with Crippen molar-refractivity contribution < 1.29 is 9.47 Å². The number of hydrogen-bond donors (Lipinski definition) is 1. The molecular formula is C18H21NO2. The van der Waals surface area contributed by atoms with Crippen molar-refractivity contribution in [3.05, 3.63) is 60.2 Å². The van der Waals surface area contributed by atoms with E-state index in [2.05, 4.69) is 12.1 Å². The lowest BCUT2D eigenvalue weighted by Crippen LogP contribution is -2.42. The van der Waals surface area contributed by atoms with Crippen LogP contribution in [0.15, 0.2) is 54.6 Å². The minimum Gasteiger partial charge on any atom is -0.494 e. The first-order valence-electron chi connectivity index (χ1n) is 7.40. The summed E-state index contributed by atoms with van der Waals surface area (Å²) in [4.78, 5) is 0. The molecule has 3 heteroatoms. The summed E-state index contributed by atoms with van der Waals surface area (Å²) in [5.74, 6) is 1.90. The van der Waals surface area contributed by atoms with Crippen LogP contribution in [0.2, 0.25) is 0 Å². The first-order valence-corrected chi connectivity index (χ1v) is 7.40. The summed E-state index contributed by atoms with van der Waals surface area (Å²) in [5.41, 5.74) is 7.26. The number of benzene rings is 2. The Morgan fingerprint density at radius 1 is 1.05 bits per heavy atom. The van der Waals surface area contributed by atoms with Crippen molar-refractivity contribution in [3.63, 3.8) is 0 Å². The molecule has 0 amide bonds. The quantitative estimate of drug-likeness (QED) is 0.917. The van der Waals surface area contributed by atoms with Gasteiger partial charge in [0.15, 0.2) is 0 Å². The molecule has 0 aromatic heterocycles. The van der Waals surface area contributed by atoms with E-state index in [1.165, 1.54) is 5.56 Å². The van der Waals surface area contributed by atoms with E-state index in [4.69, 9.17) is 15.2 Å². The first-order chi connectivity index (χ1) is 10.3. The molecule has 0 aliphatic carbocycles.